The number of nitrogens with zero attached hydrogens (tertiary/aromatic N) is 1. The first-order valence-corrected chi connectivity index (χ1v) is 5.89. The summed E-state index contributed by atoms with van der Waals surface area (Å²) in [5.74, 6) is -4.43. The molecule has 1 unspecified atom stereocenters. The number of aliphatic carboxylic acids is 1. The van der Waals surface area contributed by atoms with Crippen molar-refractivity contribution in [3.8, 4) is 5.75 Å². The van der Waals surface area contributed by atoms with Crippen molar-refractivity contribution in [2.75, 3.05) is 0 Å². The molecule has 110 valence electrons. The van der Waals surface area contributed by atoms with E-state index < -0.39 is 40.1 Å². The molecule has 1 aromatic rings. The maximum atomic E-state index is 13.5. The van der Waals surface area contributed by atoms with Crippen LogP contribution in [-0.2, 0) is 4.79 Å². The van der Waals surface area contributed by atoms with Crippen LogP contribution in [0.4, 0.5) is 14.5 Å². The molecule has 0 amide bonds. The van der Waals surface area contributed by atoms with Crippen LogP contribution in [0.1, 0.15) is 26.2 Å². The molecule has 0 aliphatic rings. The van der Waals surface area contributed by atoms with Crippen LogP contribution >= 0.6 is 0 Å². The number of hydrogen-bond acceptors (Lipinski definition) is 4. The van der Waals surface area contributed by atoms with E-state index in [0.717, 1.165) is 0 Å². The number of rotatable bonds is 7. The summed E-state index contributed by atoms with van der Waals surface area (Å²) in [7, 11) is 0. The molecule has 0 radical (unpaired) electrons. The molecular weight excluding hydrogens is 276 g/mol. The van der Waals surface area contributed by atoms with Crippen molar-refractivity contribution in [1.82, 2.24) is 0 Å². The SMILES string of the molecule is CCCCC(Oc1cc(F)c([N+](=O)[O-])cc1F)C(=O)O. The minimum atomic E-state index is -1.33. The topological polar surface area (TPSA) is 89.7 Å². The van der Waals surface area contributed by atoms with Crippen LogP contribution in [0.3, 0.4) is 0 Å². The van der Waals surface area contributed by atoms with Crippen molar-refractivity contribution in [3.05, 3.63) is 33.9 Å². The first-order valence-electron chi connectivity index (χ1n) is 5.89. The van der Waals surface area contributed by atoms with E-state index in [-0.39, 0.29) is 6.42 Å². The molecule has 1 N–H and O–H groups in total. The Hall–Kier alpha value is -2.25. The molecule has 6 nitrogen and oxygen atoms in total. The number of nitro groups is 1. The lowest BCUT2D eigenvalue weighted by Crippen LogP contribution is -2.27. The van der Waals surface area contributed by atoms with Crippen LogP contribution in [0, 0.1) is 21.7 Å². The molecule has 0 spiro atoms. The number of unbranched alkanes of at least 4 members (excludes halogenated alkanes) is 1. The van der Waals surface area contributed by atoms with Gasteiger partial charge in [0.2, 0.25) is 5.82 Å². The first-order chi connectivity index (χ1) is 9.36. The molecule has 0 heterocycles. The van der Waals surface area contributed by atoms with Crippen molar-refractivity contribution in [2.24, 2.45) is 0 Å². The zero-order chi connectivity index (χ0) is 15.3. The predicted octanol–water partition coefficient (Wildman–Crippen LogP) is 2.90. The second-order valence-corrected chi connectivity index (χ2v) is 4.08. The predicted molar refractivity (Wildman–Crippen MR) is 64.6 cm³/mol. The van der Waals surface area contributed by atoms with E-state index in [2.05, 4.69) is 0 Å². The van der Waals surface area contributed by atoms with E-state index in [4.69, 9.17) is 9.84 Å². The lowest BCUT2D eigenvalue weighted by molar-refractivity contribution is -0.387. The Balaban J connectivity index is 2.98. The average Bonchev–Trinajstić information content (AvgIpc) is 2.37. The minimum absolute atomic E-state index is 0.129. The quantitative estimate of drug-likeness (QED) is 0.615. The number of carboxylic acid groups (broad SMARTS) is 1. The fourth-order valence-corrected chi connectivity index (χ4v) is 1.52. The number of nitro benzene ring substituents is 1. The van der Waals surface area contributed by atoms with Gasteiger partial charge < -0.3 is 9.84 Å². The second kappa shape index (κ2) is 6.78. The van der Waals surface area contributed by atoms with Gasteiger partial charge in [0.05, 0.1) is 11.0 Å². The van der Waals surface area contributed by atoms with Crippen LogP contribution < -0.4 is 4.74 Å². The average molecular weight is 289 g/mol. The summed E-state index contributed by atoms with van der Waals surface area (Å²) < 4.78 is 31.8. The van der Waals surface area contributed by atoms with Crippen LogP contribution in [-0.4, -0.2) is 22.1 Å². The van der Waals surface area contributed by atoms with Gasteiger partial charge in [0, 0.05) is 6.07 Å². The van der Waals surface area contributed by atoms with Crippen molar-refractivity contribution >= 4 is 11.7 Å². The lowest BCUT2D eigenvalue weighted by atomic mass is 10.1. The highest BCUT2D eigenvalue weighted by atomic mass is 19.1. The van der Waals surface area contributed by atoms with Crippen LogP contribution in [0.25, 0.3) is 0 Å². The summed E-state index contributed by atoms with van der Waals surface area (Å²) in [5.41, 5.74) is -1.03. The number of benzene rings is 1. The van der Waals surface area contributed by atoms with E-state index in [1.807, 2.05) is 6.92 Å². The summed E-state index contributed by atoms with van der Waals surface area (Å²) in [4.78, 5) is 20.3. The van der Waals surface area contributed by atoms with Gasteiger partial charge >= 0.3 is 11.7 Å². The molecule has 0 saturated carbocycles. The Bertz CT molecular complexity index is 521. The molecule has 20 heavy (non-hydrogen) atoms. The maximum Gasteiger partial charge on any atom is 0.344 e. The van der Waals surface area contributed by atoms with Gasteiger partial charge in [-0.25, -0.2) is 9.18 Å². The summed E-state index contributed by atoms with van der Waals surface area (Å²) in [5, 5.41) is 19.3. The van der Waals surface area contributed by atoms with E-state index in [1.54, 1.807) is 0 Å². The number of halogens is 2. The van der Waals surface area contributed by atoms with Gasteiger partial charge in [-0.2, -0.15) is 4.39 Å². The smallest absolute Gasteiger partial charge is 0.344 e. The monoisotopic (exact) mass is 289 g/mol. The van der Waals surface area contributed by atoms with Gasteiger partial charge in [0.25, 0.3) is 0 Å². The van der Waals surface area contributed by atoms with Gasteiger partial charge in [-0.05, 0) is 12.8 Å². The van der Waals surface area contributed by atoms with Crippen molar-refractivity contribution < 1.29 is 28.3 Å². The number of hydrogen-bond donors (Lipinski definition) is 1. The highest BCUT2D eigenvalue weighted by Crippen LogP contribution is 2.27. The summed E-state index contributed by atoms with van der Waals surface area (Å²) in [6, 6.07) is 0.846. The van der Waals surface area contributed by atoms with Crippen molar-refractivity contribution in [1.29, 1.82) is 0 Å². The summed E-state index contributed by atoms with van der Waals surface area (Å²) >= 11 is 0. The van der Waals surface area contributed by atoms with E-state index in [0.29, 0.717) is 25.0 Å². The molecule has 8 heteroatoms. The molecule has 1 rings (SSSR count). The zero-order valence-electron chi connectivity index (χ0n) is 10.6. The minimum Gasteiger partial charge on any atom is -0.479 e. The molecular formula is C12H13F2NO5. The van der Waals surface area contributed by atoms with Gasteiger partial charge in [-0.15, -0.1) is 0 Å². The number of ether oxygens (including phenoxy) is 1. The Labute approximate surface area is 113 Å². The van der Waals surface area contributed by atoms with Crippen LogP contribution in [0.2, 0.25) is 0 Å². The van der Waals surface area contributed by atoms with E-state index >= 15 is 0 Å². The molecule has 0 saturated heterocycles. The molecule has 1 atom stereocenters. The number of carboxylic acids is 1. The molecule has 0 aliphatic carbocycles. The molecule has 0 bridgehead atoms. The molecule has 0 fully saturated rings. The fraction of sp³-hybridized carbons (Fsp3) is 0.417. The van der Waals surface area contributed by atoms with E-state index in [9.17, 15) is 23.7 Å². The third-order valence-electron chi connectivity index (χ3n) is 2.56. The highest BCUT2D eigenvalue weighted by molar-refractivity contribution is 5.72. The summed E-state index contributed by atoms with van der Waals surface area (Å²) in [6.45, 7) is 1.84. The maximum absolute atomic E-state index is 13.5. The third-order valence-corrected chi connectivity index (χ3v) is 2.56. The fourth-order valence-electron chi connectivity index (χ4n) is 1.52. The van der Waals surface area contributed by atoms with Gasteiger partial charge in [-0.3, -0.25) is 10.1 Å². The van der Waals surface area contributed by atoms with Gasteiger partial charge in [-0.1, -0.05) is 13.3 Å². The normalized spacial score (nSPS) is 11.9. The third kappa shape index (κ3) is 3.87. The van der Waals surface area contributed by atoms with Gasteiger partial charge in [0.1, 0.15) is 0 Å². The number of carbonyl (C=O) groups is 1. The summed E-state index contributed by atoms with van der Waals surface area (Å²) in [6.07, 6.45) is 0.0487. The molecule has 0 aromatic heterocycles. The molecule has 0 aliphatic heterocycles. The lowest BCUT2D eigenvalue weighted by Gasteiger charge is -2.15. The Morgan fingerprint density at radius 2 is 2.10 bits per heavy atom. The highest BCUT2D eigenvalue weighted by Gasteiger charge is 2.24. The Kier molecular flexibility index (Phi) is 5.36. The zero-order valence-corrected chi connectivity index (χ0v) is 10.6. The van der Waals surface area contributed by atoms with Crippen LogP contribution in [0.5, 0.6) is 5.75 Å². The van der Waals surface area contributed by atoms with Gasteiger partial charge in [0.15, 0.2) is 17.7 Å². The van der Waals surface area contributed by atoms with Crippen LogP contribution in [0.15, 0.2) is 12.1 Å². The molecule has 1 aromatic carbocycles. The largest absolute Gasteiger partial charge is 0.479 e. The Morgan fingerprint density at radius 3 is 2.60 bits per heavy atom. The van der Waals surface area contributed by atoms with Crippen molar-refractivity contribution in [2.45, 2.75) is 32.3 Å². The first kappa shape index (κ1) is 15.8. The second-order valence-electron chi connectivity index (χ2n) is 4.08. The van der Waals surface area contributed by atoms with Crippen molar-refractivity contribution in [3.63, 3.8) is 0 Å². The van der Waals surface area contributed by atoms with E-state index in [1.165, 1.54) is 0 Å². The Morgan fingerprint density at radius 1 is 1.45 bits per heavy atom. The standard InChI is InChI=1S/C12H13F2NO5/c1-2-3-4-10(12(16)17)20-11-6-7(13)9(15(18)19)5-8(11)14/h5-6,10H,2-4H2,1H3,(H,16,17).